The number of piperidine rings is 2. The first kappa shape index (κ1) is 18.3. The second kappa shape index (κ2) is 7.25. The Morgan fingerprint density at radius 1 is 1.07 bits per heavy atom. The molecule has 3 heterocycles. The van der Waals surface area contributed by atoms with Gasteiger partial charge in [0.1, 0.15) is 5.69 Å². The van der Waals surface area contributed by atoms with Gasteiger partial charge in [0.25, 0.3) is 5.91 Å². The maximum atomic E-state index is 13.2. The summed E-state index contributed by atoms with van der Waals surface area (Å²) in [7, 11) is 0. The topological polar surface area (TPSA) is 66.4 Å². The Labute approximate surface area is 170 Å². The lowest BCUT2D eigenvalue weighted by molar-refractivity contribution is -0.142. The Bertz CT molecular complexity index is 890. The van der Waals surface area contributed by atoms with Crippen molar-refractivity contribution in [1.82, 2.24) is 19.8 Å². The molecule has 6 nitrogen and oxygen atoms in total. The van der Waals surface area contributed by atoms with Crippen molar-refractivity contribution in [3.8, 4) is 0 Å². The van der Waals surface area contributed by atoms with E-state index < -0.39 is 0 Å². The summed E-state index contributed by atoms with van der Waals surface area (Å²) in [5, 5.41) is 0. The van der Waals surface area contributed by atoms with Crippen molar-refractivity contribution in [3.05, 3.63) is 60.2 Å². The summed E-state index contributed by atoms with van der Waals surface area (Å²) in [6.45, 7) is 2.26. The molecule has 1 aromatic heterocycles. The summed E-state index contributed by atoms with van der Waals surface area (Å²) in [5.74, 6) is 0.189. The van der Waals surface area contributed by atoms with Gasteiger partial charge in [0.15, 0.2) is 0 Å². The Morgan fingerprint density at radius 3 is 2.48 bits per heavy atom. The number of carbonyl (C=O) groups excluding carboxylic acids is 2. The predicted molar refractivity (Wildman–Crippen MR) is 108 cm³/mol. The molecule has 2 saturated heterocycles. The van der Waals surface area contributed by atoms with Crippen LogP contribution in [0.5, 0.6) is 0 Å². The highest BCUT2D eigenvalue weighted by Crippen LogP contribution is 2.48. The van der Waals surface area contributed by atoms with Gasteiger partial charge in [-0.2, -0.15) is 0 Å². The molecular weight excluding hydrogens is 364 g/mol. The number of carbonyl (C=O) groups is 2. The molecule has 5 rings (SSSR count). The van der Waals surface area contributed by atoms with Gasteiger partial charge in [-0.3, -0.25) is 14.6 Å². The highest BCUT2D eigenvalue weighted by atomic mass is 16.2. The number of rotatable bonds is 3. The number of nitrogens with zero attached hydrogens (tertiary/aromatic N) is 4. The molecular formula is C23H26N4O2. The van der Waals surface area contributed by atoms with E-state index in [1.54, 1.807) is 12.4 Å². The fourth-order valence-corrected chi connectivity index (χ4v) is 4.98. The summed E-state index contributed by atoms with van der Waals surface area (Å²) in [6.07, 6.45) is 9.66. The maximum Gasteiger partial charge on any atom is 0.274 e. The monoisotopic (exact) mass is 390 g/mol. The first-order valence-corrected chi connectivity index (χ1v) is 10.6. The van der Waals surface area contributed by atoms with Gasteiger partial charge in [-0.25, -0.2) is 4.98 Å². The lowest BCUT2D eigenvalue weighted by atomic mass is 9.67. The Morgan fingerprint density at radius 2 is 1.83 bits per heavy atom. The summed E-state index contributed by atoms with van der Waals surface area (Å²) in [6, 6.07) is 10.6. The molecule has 2 amide bonds. The van der Waals surface area contributed by atoms with Crippen LogP contribution in [0.4, 0.5) is 0 Å². The Hall–Kier alpha value is -2.76. The summed E-state index contributed by atoms with van der Waals surface area (Å²) < 4.78 is 0. The normalized spacial score (nSPS) is 24.0. The van der Waals surface area contributed by atoms with Crippen LogP contribution in [-0.2, 0) is 4.79 Å². The molecule has 1 aromatic carbocycles. The van der Waals surface area contributed by atoms with Crippen LogP contribution in [0.2, 0.25) is 0 Å². The molecule has 0 radical (unpaired) electrons. The fourth-order valence-electron chi connectivity index (χ4n) is 4.98. The van der Waals surface area contributed by atoms with Crippen LogP contribution in [0.1, 0.15) is 54.1 Å². The maximum absolute atomic E-state index is 13.2. The van der Waals surface area contributed by atoms with E-state index in [1.165, 1.54) is 6.20 Å². The molecule has 0 bridgehead atoms. The smallest absolute Gasteiger partial charge is 0.274 e. The number of amides is 2. The lowest BCUT2D eigenvalue weighted by Crippen LogP contribution is -2.55. The van der Waals surface area contributed by atoms with E-state index in [0.717, 1.165) is 44.2 Å². The zero-order valence-corrected chi connectivity index (χ0v) is 16.5. The minimum absolute atomic E-state index is 0.0431. The number of hydrogen-bond acceptors (Lipinski definition) is 4. The molecule has 0 N–H and O–H groups in total. The quantitative estimate of drug-likeness (QED) is 0.808. The standard InChI is InChI=1S/C23H26N4O2/c28-21-19(17-4-2-1-3-5-17)14-23(16-27(21)18-6-7-18)8-12-26(13-9-23)22(29)20-15-24-10-11-25-20/h1-5,10-11,15,18-19H,6-9,12-14,16H2/t19-/m1/s1. The first-order chi connectivity index (χ1) is 14.2. The largest absolute Gasteiger partial charge is 0.339 e. The number of benzene rings is 1. The van der Waals surface area contributed by atoms with Crippen LogP contribution < -0.4 is 0 Å². The molecule has 29 heavy (non-hydrogen) atoms. The highest BCUT2D eigenvalue weighted by Gasteiger charge is 2.49. The van der Waals surface area contributed by atoms with E-state index >= 15 is 0 Å². The molecule has 1 spiro atoms. The van der Waals surface area contributed by atoms with E-state index in [4.69, 9.17) is 0 Å². The van der Waals surface area contributed by atoms with Crippen molar-refractivity contribution in [3.63, 3.8) is 0 Å². The van der Waals surface area contributed by atoms with Crippen LogP contribution in [-0.4, -0.2) is 57.3 Å². The van der Waals surface area contributed by atoms with Crippen LogP contribution in [0, 0.1) is 5.41 Å². The minimum atomic E-state index is -0.0622. The number of aromatic nitrogens is 2. The third kappa shape index (κ3) is 3.52. The van der Waals surface area contributed by atoms with Gasteiger partial charge in [-0.05, 0) is 43.1 Å². The molecule has 3 aliphatic rings. The van der Waals surface area contributed by atoms with Gasteiger partial charge in [-0.1, -0.05) is 30.3 Å². The van der Waals surface area contributed by atoms with Crippen molar-refractivity contribution in [2.75, 3.05) is 19.6 Å². The number of likely N-dealkylation sites (tertiary alicyclic amines) is 2. The van der Waals surface area contributed by atoms with Crippen molar-refractivity contribution in [2.24, 2.45) is 5.41 Å². The average Bonchev–Trinajstić information content (AvgIpc) is 3.62. The molecule has 1 aliphatic carbocycles. The Kier molecular flexibility index (Phi) is 4.57. The van der Waals surface area contributed by atoms with E-state index in [9.17, 15) is 9.59 Å². The van der Waals surface area contributed by atoms with Gasteiger partial charge in [0.05, 0.1) is 12.1 Å². The summed E-state index contributed by atoms with van der Waals surface area (Å²) >= 11 is 0. The van der Waals surface area contributed by atoms with E-state index in [1.807, 2.05) is 23.1 Å². The SMILES string of the molecule is O=C(c1cnccn1)N1CCC2(CC1)C[C@H](c1ccccc1)C(=O)N(C1CC1)C2. The predicted octanol–water partition coefficient (Wildman–Crippen LogP) is 2.88. The van der Waals surface area contributed by atoms with Gasteiger partial charge >= 0.3 is 0 Å². The third-order valence-electron chi connectivity index (χ3n) is 6.81. The van der Waals surface area contributed by atoms with Crippen LogP contribution in [0.15, 0.2) is 48.9 Å². The molecule has 3 fully saturated rings. The highest BCUT2D eigenvalue weighted by molar-refractivity contribution is 5.92. The van der Waals surface area contributed by atoms with E-state index in [-0.39, 0.29) is 17.2 Å². The Balaban J connectivity index is 1.35. The molecule has 2 aliphatic heterocycles. The lowest BCUT2D eigenvalue weighted by Gasteiger charge is -2.50. The van der Waals surface area contributed by atoms with Gasteiger partial charge in [0.2, 0.25) is 5.91 Å². The second-order valence-corrected chi connectivity index (χ2v) is 8.75. The van der Waals surface area contributed by atoms with E-state index in [0.29, 0.717) is 30.7 Å². The van der Waals surface area contributed by atoms with Crippen molar-refractivity contribution in [2.45, 2.75) is 44.1 Å². The molecule has 1 saturated carbocycles. The molecule has 150 valence electrons. The third-order valence-corrected chi connectivity index (χ3v) is 6.81. The molecule has 2 aromatic rings. The molecule has 6 heteroatoms. The minimum Gasteiger partial charge on any atom is -0.339 e. The zero-order chi connectivity index (χ0) is 19.8. The van der Waals surface area contributed by atoms with Gasteiger partial charge in [-0.15, -0.1) is 0 Å². The van der Waals surface area contributed by atoms with Crippen LogP contribution >= 0.6 is 0 Å². The van der Waals surface area contributed by atoms with Gasteiger partial charge < -0.3 is 9.80 Å². The first-order valence-electron chi connectivity index (χ1n) is 10.6. The summed E-state index contributed by atoms with van der Waals surface area (Å²) in [5.41, 5.74) is 1.63. The second-order valence-electron chi connectivity index (χ2n) is 8.75. The molecule has 0 unspecified atom stereocenters. The average molecular weight is 390 g/mol. The van der Waals surface area contributed by atoms with Crippen LogP contribution in [0.3, 0.4) is 0 Å². The van der Waals surface area contributed by atoms with E-state index in [2.05, 4.69) is 27.0 Å². The van der Waals surface area contributed by atoms with Gasteiger partial charge in [0, 0.05) is 38.1 Å². The van der Waals surface area contributed by atoms with Crippen molar-refractivity contribution >= 4 is 11.8 Å². The van der Waals surface area contributed by atoms with Crippen molar-refractivity contribution < 1.29 is 9.59 Å². The fraction of sp³-hybridized carbons (Fsp3) is 0.478. The summed E-state index contributed by atoms with van der Waals surface area (Å²) in [4.78, 5) is 38.2. The van der Waals surface area contributed by atoms with Crippen molar-refractivity contribution in [1.29, 1.82) is 0 Å². The molecule has 1 atom stereocenters. The van der Waals surface area contributed by atoms with Crippen LogP contribution in [0.25, 0.3) is 0 Å². The zero-order valence-electron chi connectivity index (χ0n) is 16.5. The number of hydrogen-bond donors (Lipinski definition) is 0.